The van der Waals surface area contributed by atoms with E-state index in [1.165, 1.54) is 0 Å². The summed E-state index contributed by atoms with van der Waals surface area (Å²) in [6.07, 6.45) is 0.650. The van der Waals surface area contributed by atoms with Crippen LogP contribution >= 0.6 is 0 Å². The lowest BCUT2D eigenvalue weighted by Gasteiger charge is -2.08. The van der Waals surface area contributed by atoms with Crippen LogP contribution in [-0.2, 0) is 16.4 Å². The number of rotatable bonds is 6. The fourth-order valence-electron chi connectivity index (χ4n) is 2.75. The quantitative estimate of drug-likeness (QED) is 0.734. The number of sulfonamides is 1. The van der Waals surface area contributed by atoms with Gasteiger partial charge in [0.05, 0.1) is 10.6 Å². The van der Waals surface area contributed by atoms with Crippen LogP contribution in [-0.4, -0.2) is 20.1 Å². The maximum Gasteiger partial charge on any atom is 0.240 e. The molecule has 0 unspecified atom stereocenters. The van der Waals surface area contributed by atoms with Crippen molar-refractivity contribution in [1.82, 2.24) is 9.88 Å². The fraction of sp³-hybridized carbons (Fsp3) is 0.211. The van der Waals surface area contributed by atoms with Crippen LogP contribution in [0, 0.1) is 13.8 Å². The molecule has 0 amide bonds. The number of hydrogen-bond donors (Lipinski definition) is 1. The van der Waals surface area contributed by atoms with Gasteiger partial charge >= 0.3 is 0 Å². The van der Waals surface area contributed by atoms with Gasteiger partial charge in [0.25, 0.3) is 0 Å². The first-order valence-electron chi connectivity index (χ1n) is 8.04. The lowest BCUT2D eigenvalue weighted by Crippen LogP contribution is -2.25. The smallest absolute Gasteiger partial charge is 0.240 e. The number of aromatic nitrogens is 1. The summed E-state index contributed by atoms with van der Waals surface area (Å²) in [5, 5.41) is 3.93. The highest BCUT2D eigenvalue weighted by molar-refractivity contribution is 7.89. The van der Waals surface area contributed by atoms with Crippen LogP contribution in [0.1, 0.15) is 17.0 Å². The summed E-state index contributed by atoms with van der Waals surface area (Å²) in [5.74, 6) is 0.717. The van der Waals surface area contributed by atoms with Gasteiger partial charge in [-0.25, -0.2) is 13.1 Å². The molecule has 0 atom stereocenters. The van der Waals surface area contributed by atoms with Crippen molar-refractivity contribution >= 4 is 10.0 Å². The Morgan fingerprint density at radius 1 is 1.00 bits per heavy atom. The second-order valence-corrected chi connectivity index (χ2v) is 7.62. The van der Waals surface area contributed by atoms with Crippen molar-refractivity contribution in [2.24, 2.45) is 0 Å². The molecule has 1 aromatic heterocycles. The fourth-order valence-corrected chi connectivity index (χ4v) is 3.79. The molecular weight excluding hydrogens is 336 g/mol. The van der Waals surface area contributed by atoms with E-state index in [4.69, 9.17) is 4.52 Å². The average Bonchev–Trinajstić information content (AvgIpc) is 2.94. The Labute approximate surface area is 147 Å². The summed E-state index contributed by atoms with van der Waals surface area (Å²) in [6, 6.07) is 16.5. The van der Waals surface area contributed by atoms with Crippen molar-refractivity contribution in [2.75, 3.05) is 6.54 Å². The van der Waals surface area contributed by atoms with Gasteiger partial charge in [-0.1, -0.05) is 47.6 Å². The zero-order valence-electron chi connectivity index (χ0n) is 14.2. The molecule has 0 aliphatic carbocycles. The van der Waals surface area contributed by atoms with Gasteiger partial charge in [0.1, 0.15) is 5.76 Å². The second-order valence-electron chi connectivity index (χ2n) is 5.86. The Kier molecular flexibility index (Phi) is 5.01. The van der Waals surface area contributed by atoms with Crippen molar-refractivity contribution in [3.63, 3.8) is 0 Å². The highest BCUT2D eigenvalue weighted by Gasteiger charge is 2.15. The van der Waals surface area contributed by atoms with Crippen molar-refractivity contribution in [3.8, 4) is 11.1 Å². The molecule has 1 heterocycles. The standard InChI is InChI=1S/C19H20N2O3S/c1-14-19(15(2)24-21-14)17-8-10-18(11-9-17)25(22,23)20-13-12-16-6-4-3-5-7-16/h3-11,20H,12-13H2,1-2H3. The first kappa shape index (κ1) is 17.4. The molecule has 0 saturated heterocycles. The molecule has 25 heavy (non-hydrogen) atoms. The molecule has 5 nitrogen and oxygen atoms in total. The lowest BCUT2D eigenvalue weighted by molar-refractivity contribution is 0.393. The van der Waals surface area contributed by atoms with Crippen molar-refractivity contribution in [2.45, 2.75) is 25.2 Å². The van der Waals surface area contributed by atoms with Crippen LogP contribution in [0.5, 0.6) is 0 Å². The third-order valence-corrected chi connectivity index (χ3v) is 5.51. The van der Waals surface area contributed by atoms with E-state index in [1.807, 2.05) is 44.2 Å². The minimum Gasteiger partial charge on any atom is -0.361 e. The molecule has 0 bridgehead atoms. The molecule has 0 aliphatic heterocycles. The van der Waals surface area contributed by atoms with Crippen LogP contribution in [0.2, 0.25) is 0 Å². The third kappa shape index (κ3) is 3.97. The lowest BCUT2D eigenvalue weighted by atomic mass is 10.0. The summed E-state index contributed by atoms with van der Waals surface area (Å²) in [4.78, 5) is 0.246. The first-order valence-corrected chi connectivity index (χ1v) is 9.52. The molecule has 0 saturated carbocycles. The largest absolute Gasteiger partial charge is 0.361 e. The Morgan fingerprint density at radius 2 is 1.68 bits per heavy atom. The van der Waals surface area contributed by atoms with Crippen LogP contribution in [0.25, 0.3) is 11.1 Å². The molecule has 130 valence electrons. The molecule has 6 heteroatoms. The van der Waals surface area contributed by atoms with Gasteiger partial charge in [-0.2, -0.15) is 0 Å². The van der Waals surface area contributed by atoms with E-state index in [2.05, 4.69) is 9.88 Å². The maximum atomic E-state index is 12.4. The molecule has 3 aromatic rings. The van der Waals surface area contributed by atoms with Gasteiger partial charge in [0.2, 0.25) is 10.0 Å². The van der Waals surface area contributed by atoms with E-state index in [9.17, 15) is 8.42 Å². The van der Waals surface area contributed by atoms with Crippen molar-refractivity contribution in [3.05, 3.63) is 71.6 Å². The summed E-state index contributed by atoms with van der Waals surface area (Å²) in [6.45, 7) is 4.06. The summed E-state index contributed by atoms with van der Waals surface area (Å²) in [7, 11) is -3.53. The molecular formula is C19H20N2O3S. The number of nitrogens with zero attached hydrogens (tertiary/aromatic N) is 1. The van der Waals surface area contributed by atoms with Gasteiger partial charge < -0.3 is 4.52 Å². The van der Waals surface area contributed by atoms with Crippen LogP contribution in [0.15, 0.2) is 64.0 Å². The molecule has 3 rings (SSSR count). The minimum atomic E-state index is -3.53. The zero-order valence-corrected chi connectivity index (χ0v) is 15.0. The Morgan fingerprint density at radius 3 is 2.28 bits per heavy atom. The highest BCUT2D eigenvalue weighted by atomic mass is 32.2. The van der Waals surface area contributed by atoms with Crippen molar-refractivity contribution < 1.29 is 12.9 Å². The van der Waals surface area contributed by atoms with Gasteiger partial charge in [-0.3, -0.25) is 0 Å². The van der Waals surface area contributed by atoms with E-state index < -0.39 is 10.0 Å². The number of nitrogens with one attached hydrogen (secondary N) is 1. The summed E-state index contributed by atoms with van der Waals surface area (Å²) >= 11 is 0. The number of benzene rings is 2. The van der Waals surface area contributed by atoms with Gasteiger partial charge in [0, 0.05) is 12.1 Å². The molecule has 0 aliphatic rings. The van der Waals surface area contributed by atoms with Gasteiger partial charge in [-0.05, 0) is 43.5 Å². The van der Waals surface area contributed by atoms with Crippen LogP contribution in [0.3, 0.4) is 0 Å². The Hall–Kier alpha value is -2.44. The van der Waals surface area contributed by atoms with E-state index >= 15 is 0 Å². The Bertz CT molecular complexity index is 927. The van der Waals surface area contributed by atoms with Crippen LogP contribution < -0.4 is 4.72 Å². The van der Waals surface area contributed by atoms with Gasteiger partial charge in [0.15, 0.2) is 0 Å². The van der Waals surface area contributed by atoms with Crippen molar-refractivity contribution in [1.29, 1.82) is 0 Å². The highest BCUT2D eigenvalue weighted by Crippen LogP contribution is 2.27. The molecule has 0 radical (unpaired) electrons. The molecule has 1 N–H and O–H groups in total. The Balaban J connectivity index is 1.70. The first-order chi connectivity index (χ1) is 12.0. The van der Waals surface area contributed by atoms with E-state index in [-0.39, 0.29) is 4.90 Å². The van der Waals surface area contributed by atoms with E-state index in [0.29, 0.717) is 18.7 Å². The van der Waals surface area contributed by atoms with Gasteiger partial charge in [-0.15, -0.1) is 0 Å². The zero-order chi connectivity index (χ0) is 17.9. The molecule has 0 fully saturated rings. The molecule has 0 spiro atoms. The van der Waals surface area contributed by atoms with E-state index in [0.717, 1.165) is 22.4 Å². The molecule has 2 aromatic carbocycles. The topological polar surface area (TPSA) is 72.2 Å². The maximum absolute atomic E-state index is 12.4. The average molecular weight is 356 g/mol. The SMILES string of the molecule is Cc1noc(C)c1-c1ccc(S(=O)(=O)NCCc2ccccc2)cc1. The predicted molar refractivity (Wildman–Crippen MR) is 96.7 cm³/mol. The normalized spacial score (nSPS) is 11.6. The summed E-state index contributed by atoms with van der Waals surface area (Å²) in [5.41, 5.74) is 3.67. The number of hydrogen-bond acceptors (Lipinski definition) is 4. The second kappa shape index (κ2) is 7.21. The third-order valence-electron chi connectivity index (χ3n) is 4.04. The summed E-state index contributed by atoms with van der Waals surface area (Å²) < 4.78 is 32.6. The number of aryl methyl sites for hydroxylation is 2. The predicted octanol–water partition coefficient (Wildman–Crippen LogP) is 3.48. The van der Waals surface area contributed by atoms with Crippen LogP contribution in [0.4, 0.5) is 0 Å². The minimum absolute atomic E-state index is 0.246. The van der Waals surface area contributed by atoms with E-state index in [1.54, 1.807) is 24.3 Å². The monoisotopic (exact) mass is 356 g/mol.